The van der Waals surface area contributed by atoms with Gasteiger partial charge in [0.1, 0.15) is 0 Å². The summed E-state index contributed by atoms with van der Waals surface area (Å²) < 4.78 is 0. The molecule has 0 fully saturated rings. The Morgan fingerprint density at radius 1 is 0.944 bits per heavy atom. The Balaban J connectivity index is 1.91. The fourth-order valence-corrected chi connectivity index (χ4v) is 1.95. The van der Waals surface area contributed by atoms with Crippen molar-refractivity contribution in [2.75, 3.05) is 11.9 Å². The molecule has 94 valence electrons. The lowest BCUT2D eigenvalue weighted by atomic mass is 9.96. The van der Waals surface area contributed by atoms with Crippen LogP contribution >= 0.6 is 0 Å². The van der Waals surface area contributed by atoms with Gasteiger partial charge in [0.05, 0.1) is 5.60 Å². The van der Waals surface area contributed by atoms with E-state index in [1.807, 2.05) is 67.6 Å². The van der Waals surface area contributed by atoms with Gasteiger partial charge in [-0.3, -0.25) is 0 Å². The predicted molar refractivity (Wildman–Crippen MR) is 75.7 cm³/mol. The van der Waals surface area contributed by atoms with Crippen molar-refractivity contribution in [2.24, 2.45) is 0 Å². The van der Waals surface area contributed by atoms with Gasteiger partial charge in [-0.1, -0.05) is 48.5 Å². The van der Waals surface area contributed by atoms with Gasteiger partial charge in [0.2, 0.25) is 0 Å². The van der Waals surface area contributed by atoms with Crippen LogP contribution in [0, 0.1) is 0 Å². The minimum absolute atomic E-state index is 0.534. The molecular formula is C16H19NO. The van der Waals surface area contributed by atoms with E-state index in [2.05, 4.69) is 5.32 Å². The second-order valence-corrected chi connectivity index (χ2v) is 4.88. The summed E-state index contributed by atoms with van der Waals surface area (Å²) in [5.41, 5.74) is 1.43. The van der Waals surface area contributed by atoms with Crippen LogP contribution < -0.4 is 5.32 Å². The Kier molecular flexibility index (Phi) is 4.00. The van der Waals surface area contributed by atoms with Crippen LogP contribution in [0.1, 0.15) is 12.5 Å². The van der Waals surface area contributed by atoms with Gasteiger partial charge >= 0.3 is 0 Å². The van der Waals surface area contributed by atoms with Gasteiger partial charge in [-0.05, 0) is 24.6 Å². The molecule has 2 aromatic carbocycles. The molecule has 0 saturated heterocycles. The quantitative estimate of drug-likeness (QED) is 0.843. The van der Waals surface area contributed by atoms with Crippen molar-refractivity contribution >= 4 is 5.69 Å². The van der Waals surface area contributed by atoms with E-state index in [0.29, 0.717) is 13.0 Å². The van der Waals surface area contributed by atoms with Gasteiger partial charge in [-0.2, -0.15) is 0 Å². The predicted octanol–water partition coefficient (Wildman–Crippen LogP) is 3.09. The lowest BCUT2D eigenvalue weighted by molar-refractivity contribution is 0.0742. The van der Waals surface area contributed by atoms with Gasteiger partial charge in [-0.25, -0.2) is 0 Å². The molecule has 0 aliphatic carbocycles. The summed E-state index contributed by atoms with van der Waals surface area (Å²) in [6.07, 6.45) is 0.647. The first-order valence-electron chi connectivity index (χ1n) is 6.21. The van der Waals surface area contributed by atoms with Crippen LogP contribution in [0.25, 0.3) is 0 Å². The first-order chi connectivity index (χ1) is 8.66. The summed E-state index contributed by atoms with van der Waals surface area (Å²) in [4.78, 5) is 0. The maximum atomic E-state index is 10.4. The van der Waals surface area contributed by atoms with E-state index in [-0.39, 0.29) is 0 Å². The summed E-state index contributed by atoms with van der Waals surface area (Å²) in [6, 6.07) is 20.0. The molecule has 0 spiro atoms. The summed E-state index contributed by atoms with van der Waals surface area (Å²) >= 11 is 0. The number of rotatable bonds is 5. The maximum Gasteiger partial charge on any atom is 0.0831 e. The van der Waals surface area contributed by atoms with Crippen molar-refractivity contribution in [3.63, 3.8) is 0 Å². The molecule has 0 aromatic heterocycles. The number of benzene rings is 2. The second kappa shape index (κ2) is 5.69. The average molecular weight is 241 g/mol. The molecule has 0 amide bonds. The first-order valence-corrected chi connectivity index (χ1v) is 6.21. The molecule has 2 N–H and O–H groups in total. The third-order valence-electron chi connectivity index (χ3n) is 2.87. The highest BCUT2D eigenvalue weighted by atomic mass is 16.3. The van der Waals surface area contributed by atoms with Crippen molar-refractivity contribution in [1.29, 1.82) is 0 Å². The summed E-state index contributed by atoms with van der Waals surface area (Å²) in [5, 5.41) is 13.6. The van der Waals surface area contributed by atoms with E-state index in [1.165, 1.54) is 0 Å². The Bertz CT molecular complexity index is 465. The highest BCUT2D eigenvalue weighted by Crippen LogP contribution is 2.14. The molecule has 2 aromatic rings. The molecule has 2 rings (SSSR count). The van der Waals surface area contributed by atoms with Crippen LogP contribution in [0.15, 0.2) is 60.7 Å². The molecule has 18 heavy (non-hydrogen) atoms. The second-order valence-electron chi connectivity index (χ2n) is 4.88. The SMILES string of the molecule is CC(O)(CNc1ccccc1)Cc1ccccc1. The average Bonchev–Trinajstić information content (AvgIpc) is 2.38. The van der Waals surface area contributed by atoms with Crippen LogP contribution in [-0.2, 0) is 6.42 Å². The monoisotopic (exact) mass is 241 g/mol. The number of hydrogen-bond donors (Lipinski definition) is 2. The van der Waals surface area contributed by atoms with E-state index >= 15 is 0 Å². The molecule has 1 unspecified atom stereocenters. The molecule has 0 bridgehead atoms. The van der Waals surface area contributed by atoms with Crippen molar-refractivity contribution in [1.82, 2.24) is 0 Å². The third-order valence-corrected chi connectivity index (χ3v) is 2.87. The zero-order valence-electron chi connectivity index (χ0n) is 10.6. The standard InChI is InChI=1S/C16H19NO/c1-16(18,12-14-8-4-2-5-9-14)13-17-15-10-6-3-7-11-15/h2-11,17-18H,12-13H2,1H3. The highest BCUT2D eigenvalue weighted by Gasteiger charge is 2.20. The van der Waals surface area contributed by atoms with Crippen LogP contribution in [0.4, 0.5) is 5.69 Å². The van der Waals surface area contributed by atoms with E-state index in [4.69, 9.17) is 0 Å². The van der Waals surface area contributed by atoms with Crippen molar-refractivity contribution < 1.29 is 5.11 Å². The maximum absolute atomic E-state index is 10.4. The Labute approximate surface area is 108 Å². The largest absolute Gasteiger partial charge is 0.388 e. The molecular weight excluding hydrogens is 222 g/mol. The Morgan fingerprint density at radius 2 is 1.50 bits per heavy atom. The molecule has 2 nitrogen and oxygen atoms in total. The fraction of sp³-hybridized carbons (Fsp3) is 0.250. The molecule has 1 atom stereocenters. The van der Waals surface area contributed by atoms with Gasteiger partial charge in [0.25, 0.3) is 0 Å². The van der Waals surface area contributed by atoms with E-state index in [9.17, 15) is 5.11 Å². The van der Waals surface area contributed by atoms with Crippen molar-refractivity contribution in [2.45, 2.75) is 18.9 Å². The van der Waals surface area contributed by atoms with Gasteiger partial charge in [0.15, 0.2) is 0 Å². The molecule has 0 saturated carbocycles. The van der Waals surface area contributed by atoms with E-state index < -0.39 is 5.60 Å². The molecule has 0 aliphatic rings. The number of nitrogens with one attached hydrogen (secondary N) is 1. The van der Waals surface area contributed by atoms with Gasteiger partial charge < -0.3 is 10.4 Å². The van der Waals surface area contributed by atoms with Crippen molar-refractivity contribution in [3.8, 4) is 0 Å². The fourth-order valence-electron chi connectivity index (χ4n) is 1.95. The zero-order valence-corrected chi connectivity index (χ0v) is 10.6. The lowest BCUT2D eigenvalue weighted by Crippen LogP contribution is -2.35. The zero-order chi connectivity index (χ0) is 12.8. The smallest absolute Gasteiger partial charge is 0.0831 e. The first kappa shape index (κ1) is 12.7. The minimum Gasteiger partial charge on any atom is -0.388 e. The molecule has 0 radical (unpaired) electrons. The molecule has 0 aliphatic heterocycles. The Morgan fingerprint density at radius 3 is 2.11 bits per heavy atom. The normalized spacial score (nSPS) is 13.9. The van der Waals surface area contributed by atoms with Gasteiger partial charge in [0, 0.05) is 18.7 Å². The van der Waals surface area contributed by atoms with Crippen LogP contribution in [0.3, 0.4) is 0 Å². The number of aliphatic hydroxyl groups is 1. The minimum atomic E-state index is -0.753. The van der Waals surface area contributed by atoms with Crippen LogP contribution in [0.2, 0.25) is 0 Å². The third kappa shape index (κ3) is 3.90. The van der Waals surface area contributed by atoms with Gasteiger partial charge in [-0.15, -0.1) is 0 Å². The van der Waals surface area contributed by atoms with E-state index in [1.54, 1.807) is 0 Å². The molecule has 0 heterocycles. The number of hydrogen-bond acceptors (Lipinski definition) is 2. The highest BCUT2D eigenvalue weighted by molar-refractivity contribution is 5.42. The number of anilines is 1. The van der Waals surface area contributed by atoms with Crippen LogP contribution in [0.5, 0.6) is 0 Å². The molecule has 2 heteroatoms. The lowest BCUT2D eigenvalue weighted by Gasteiger charge is -2.24. The van der Waals surface area contributed by atoms with Crippen LogP contribution in [-0.4, -0.2) is 17.3 Å². The summed E-state index contributed by atoms with van der Waals surface area (Å²) in [7, 11) is 0. The number of para-hydroxylation sites is 1. The topological polar surface area (TPSA) is 32.3 Å². The summed E-state index contributed by atoms with van der Waals surface area (Å²) in [5.74, 6) is 0. The van der Waals surface area contributed by atoms with E-state index in [0.717, 1.165) is 11.3 Å². The summed E-state index contributed by atoms with van der Waals surface area (Å²) in [6.45, 7) is 2.39. The van der Waals surface area contributed by atoms with Crippen molar-refractivity contribution in [3.05, 3.63) is 66.2 Å². The Hall–Kier alpha value is -1.80.